The van der Waals surface area contributed by atoms with Gasteiger partial charge in [-0.1, -0.05) is 35.9 Å². The summed E-state index contributed by atoms with van der Waals surface area (Å²) in [5.41, 5.74) is 3.23. The molecule has 0 radical (unpaired) electrons. The number of methoxy groups -OCH3 is 1. The maximum atomic E-state index is 12.7. The number of oxazole rings is 1. The molecule has 2 heterocycles. The summed E-state index contributed by atoms with van der Waals surface area (Å²) in [6.07, 6.45) is 2.46. The Bertz CT molecular complexity index is 1120. The van der Waals surface area contributed by atoms with Gasteiger partial charge in [0.1, 0.15) is 0 Å². The molecule has 0 spiro atoms. The predicted octanol–water partition coefficient (Wildman–Crippen LogP) is 4.18. The second-order valence-corrected chi connectivity index (χ2v) is 8.80. The van der Waals surface area contributed by atoms with Gasteiger partial charge >= 0.3 is 0 Å². The highest BCUT2D eigenvalue weighted by Gasteiger charge is 2.24. The normalized spacial score (nSPS) is 14.9. The summed E-state index contributed by atoms with van der Waals surface area (Å²) in [7, 11) is 1.64. The van der Waals surface area contributed by atoms with Crippen LogP contribution in [0.15, 0.2) is 53.1 Å². The standard InChI is InChI=1S/C28H35N3O5/c1-4-35-24-10-9-22(17-25(24)33-3)23(31-13-15-34-16-14-31)18-29-27(32)11-12-28-30-19-26(36-28)21-7-5-20(2)6-8-21/h5-10,17,19,23H,4,11-16,18H2,1-3H3,(H,29,32). The lowest BCUT2D eigenvalue weighted by Gasteiger charge is -2.35. The molecule has 0 saturated carbocycles. The number of hydrogen-bond donors (Lipinski definition) is 1. The van der Waals surface area contributed by atoms with Crippen LogP contribution in [0, 0.1) is 6.92 Å². The number of nitrogens with zero attached hydrogens (tertiary/aromatic N) is 2. The molecule has 2 aromatic carbocycles. The van der Waals surface area contributed by atoms with Crippen molar-refractivity contribution in [1.82, 2.24) is 15.2 Å². The highest BCUT2D eigenvalue weighted by molar-refractivity contribution is 5.76. The first-order valence-electron chi connectivity index (χ1n) is 12.5. The molecule has 1 saturated heterocycles. The third kappa shape index (κ3) is 6.65. The Balaban J connectivity index is 1.37. The molecule has 8 nitrogen and oxygen atoms in total. The SMILES string of the molecule is CCOc1ccc(C(CNC(=O)CCc2ncc(-c3ccc(C)cc3)o2)N2CCOCC2)cc1OC. The van der Waals surface area contributed by atoms with E-state index >= 15 is 0 Å². The number of carbonyl (C=O) groups excluding carboxylic acids is 1. The number of carbonyl (C=O) groups is 1. The summed E-state index contributed by atoms with van der Waals surface area (Å²) in [6.45, 7) is 7.98. The Kier molecular flexibility index (Phi) is 8.97. The molecular weight excluding hydrogens is 458 g/mol. The Labute approximate surface area is 212 Å². The smallest absolute Gasteiger partial charge is 0.220 e. The van der Waals surface area contributed by atoms with Crippen LogP contribution in [0.1, 0.15) is 36.4 Å². The lowest BCUT2D eigenvalue weighted by atomic mass is 10.0. The number of hydrogen-bond acceptors (Lipinski definition) is 7. The molecule has 0 aliphatic carbocycles. The average Bonchev–Trinajstić information content (AvgIpc) is 3.38. The van der Waals surface area contributed by atoms with Crippen LogP contribution < -0.4 is 14.8 Å². The Morgan fingerprint density at radius 1 is 1.14 bits per heavy atom. The van der Waals surface area contributed by atoms with Crippen molar-refractivity contribution >= 4 is 5.91 Å². The quantitative estimate of drug-likeness (QED) is 0.429. The summed E-state index contributed by atoms with van der Waals surface area (Å²) < 4.78 is 22.6. The lowest BCUT2D eigenvalue weighted by Crippen LogP contribution is -2.43. The molecule has 1 N–H and O–H groups in total. The first kappa shape index (κ1) is 25.7. The van der Waals surface area contributed by atoms with Gasteiger partial charge in [0.05, 0.1) is 39.2 Å². The van der Waals surface area contributed by atoms with E-state index in [0.29, 0.717) is 62.4 Å². The zero-order valence-corrected chi connectivity index (χ0v) is 21.3. The number of ether oxygens (including phenoxy) is 3. The fourth-order valence-electron chi connectivity index (χ4n) is 4.31. The van der Waals surface area contributed by atoms with Gasteiger partial charge in [0.15, 0.2) is 23.1 Å². The number of aromatic nitrogens is 1. The number of benzene rings is 2. The number of nitrogens with one attached hydrogen (secondary N) is 1. The topological polar surface area (TPSA) is 86.1 Å². The van der Waals surface area contributed by atoms with E-state index in [-0.39, 0.29) is 11.9 Å². The van der Waals surface area contributed by atoms with Gasteiger partial charge in [0, 0.05) is 38.0 Å². The first-order chi connectivity index (χ1) is 17.6. The van der Waals surface area contributed by atoms with Crippen LogP contribution in [0.4, 0.5) is 0 Å². The number of morpholine rings is 1. The molecule has 1 amide bonds. The zero-order chi connectivity index (χ0) is 25.3. The molecule has 36 heavy (non-hydrogen) atoms. The summed E-state index contributed by atoms with van der Waals surface area (Å²) >= 11 is 0. The van der Waals surface area contributed by atoms with E-state index in [1.54, 1.807) is 13.3 Å². The summed E-state index contributed by atoms with van der Waals surface area (Å²) in [5.74, 6) is 2.63. The molecule has 1 atom stereocenters. The highest BCUT2D eigenvalue weighted by Crippen LogP contribution is 2.32. The van der Waals surface area contributed by atoms with Gasteiger partial charge in [-0.2, -0.15) is 0 Å². The van der Waals surface area contributed by atoms with Crippen molar-refractivity contribution in [3.05, 3.63) is 65.7 Å². The van der Waals surface area contributed by atoms with Crippen LogP contribution in [0.5, 0.6) is 11.5 Å². The van der Waals surface area contributed by atoms with Gasteiger partial charge in [0.2, 0.25) is 5.91 Å². The van der Waals surface area contributed by atoms with Crippen molar-refractivity contribution in [2.24, 2.45) is 0 Å². The molecule has 192 valence electrons. The summed E-state index contributed by atoms with van der Waals surface area (Å²) in [5, 5.41) is 3.11. The number of rotatable bonds is 11. The summed E-state index contributed by atoms with van der Waals surface area (Å²) in [4.78, 5) is 19.4. The third-order valence-corrected chi connectivity index (χ3v) is 6.31. The Morgan fingerprint density at radius 3 is 2.64 bits per heavy atom. The van der Waals surface area contributed by atoms with E-state index in [9.17, 15) is 4.79 Å². The first-order valence-corrected chi connectivity index (χ1v) is 12.5. The van der Waals surface area contributed by atoms with Gasteiger partial charge in [-0.3, -0.25) is 9.69 Å². The molecule has 1 aliphatic heterocycles. The van der Waals surface area contributed by atoms with Crippen LogP contribution in [0.3, 0.4) is 0 Å². The minimum Gasteiger partial charge on any atom is -0.493 e. The van der Waals surface area contributed by atoms with Crippen molar-refractivity contribution < 1.29 is 23.4 Å². The molecule has 1 unspecified atom stereocenters. The maximum absolute atomic E-state index is 12.7. The fourth-order valence-corrected chi connectivity index (χ4v) is 4.31. The molecule has 8 heteroatoms. The van der Waals surface area contributed by atoms with Crippen molar-refractivity contribution in [3.63, 3.8) is 0 Å². The van der Waals surface area contributed by atoms with E-state index in [0.717, 1.165) is 24.2 Å². The lowest BCUT2D eigenvalue weighted by molar-refractivity contribution is -0.121. The van der Waals surface area contributed by atoms with Crippen LogP contribution in [-0.2, 0) is 16.0 Å². The molecule has 0 bridgehead atoms. The second-order valence-electron chi connectivity index (χ2n) is 8.80. The Morgan fingerprint density at radius 2 is 1.92 bits per heavy atom. The molecule has 1 aliphatic rings. The summed E-state index contributed by atoms with van der Waals surface area (Å²) in [6, 6.07) is 14.1. The van der Waals surface area contributed by atoms with Crippen molar-refractivity contribution in [2.75, 3.05) is 46.6 Å². The molecule has 3 aromatic rings. The largest absolute Gasteiger partial charge is 0.493 e. The molecule has 4 rings (SSSR count). The van der Waals surface area contributed by atoms with Gasteiger partial charge in [-0.25, -0.2) is 4.98 Å². The van der Waals surface area contributed by atoms with E-state index in [1.165, 1.54) is 5.56 Å². The van der Waals surface area contributed by atoms with Gasteiger partial charge in [-0.05, 0) is 31.5 Å². The predicted molar refractivity (Wildman–Crippen MR) is 137 cm³/mol. The third-order valence-electron chi connectivity index (χ3n) is 6.31. The van der Waals surface area contributed by atoms with E-state index in [1.807, 2.05) is 56.3 Å². The van der Waals surface area contributed by atoms with Gasteiger partial charge < -0.3 is 23.9 Å². The van der Waals surface area contributed by atoms with E-state index < -0.39 is 0 Å². The van der Waals surface area contributed by atoms with Crippen molar-refractivity contribution in [3.8, 4) is 22.8 Å². The van der Waals surface area contributed by atoms with E-state index in [2.05, 4.69) is 15.2 Å². The minimum absolute atomic E-state index is 0.00250. The molecule has 1 aromatic heterocycles. The average molecular weight is 494 g/mol. The molecular formula is C28H35N3O5. The fraction of sp³-hybridized carbons (Fsp3) is 0.429. The van der Waals surface area contributed by atoms with E-state index in [4.69, 9.17) is 18.6 Å². The minimum atomic E-state index is -0.0405. The number of aryl methyl sites for hydroxylation is 2. The van der Waals surface area contributed by atoms with Gasteiger partial charge in [0.25, 0.3) is 0 Å². The zero-order valence-electron chi connectivity index (χ0n) is 21.3. The van der Waals surface area contributed by atoms with Crippen molar-refractivity contribution in [1.29, 1.82) is 0 Å². The maximum Gasteiger partial charge on any atom is 0.220 e. The van der Waals surface area contributed by atoms with Crippen LogP contribution in [0.2, 0.25) is 0 Å². The highest BCUT2D eigenvalue weighted by atomic mass is 16.5. The van der Waals surface area contributed by atoms with Gasteiger partial charge in [-0.15, -0.1) is 0 Å². The number of amides is 1. The van der Waals surface area contributed by atoms with Crippen LogP contribution in [0.25, 0.3) is 11.3 Å². The van der Waals surface area contributed by atoms with Crippen LogP contribution >= 0.6 is 0 Å². The van der Waals surface area contributed by atoms with Crippen LogP contribution in [-0.4, -0.2) is 62.4 Å². The second kappa shape index (κ2) is 12.6. The molecule has 1 fully saturated rings. The van der Waals surface area contributed by atoms with Crippen molar-refractivity contribution in [2.45, 2.75) is 32.7 Å². The monoisotopic (exact) mass is 493 g/mol. The Hall–Kier alpha value is -3.36.